The Balaban J connectivity index is 1.22. The number of hydrogen-bond acceptors (Lipinski definition) is 2. The van der Waals surface area contributed by atoms with Crippen LogP contribution in [0.25, 0.3) is 54.6 Å². The summed E-state index contributed by atoms with van der Waals surface area (Å²) >= 11 is 0. The summed E-state index contributed by atoms with van der Waals surface area (Å²) in [4.78, 5) is 28.4. The fourth-order valence-corrected chi connectivity index (χ4v) is 10.0. The number of rotatable bonds is 5. The predicted octanol–water partition coefficient (Wildman–Crippen LogP) is 13.3. The lowest BCUT2D eigenvalue weighted by Gasteiger charge is -2.27. The summed E-state index contributed by atoms with van der Waals surface area (Å²) in [5, 5.41) is 6.72. The minimum atomic E-state index is -0.371. The van der Waals surface area contributed by atoms with Crippen LogP contribution in [0.2, 0.25) is 0 Å². The lowest BCUT2D eigenvalue weighted by Crippen LogP contribution is -2.18. The van der Waals surface area contributed by atoms with Gasteiger partial charge in [-0.15, -0.1) is 0 Å². The van der Waals surface area contributed by atoms with Crippen molar-refractivity contribution in [3.8, 4) is 22.3 Å². The average molecular weight is 711 g/mol. The van der Waals surface area contributed by atoms with Gasteiger partial charge >= 0.3 is 0 Å². The Labute approximate surface area is 322 Å². The van der Waals surface area contributed by atoms with Crippen molar-refractivity contribution in [2.45, 2.75) is 58.3 Å². The minimum absolute atomic E-state index is 0.0477. The van der Waals surface area contributed by atoms with Crippen molar-refractivity contribution in [1.82, 2.24) is 0 Å². The van der Waals surface area contributed by atoms with Gasteiger partial charge in [0.25, 0.3) is 0 Å². The highest BCUT2D eigenvalue weighted by Gasteiger charge is 2.43. The van der Waals surface area contributed by atoms with Gasteiger partial charge in [0.15, 0.2) is 11.6 Å². The van der Waals surface area contributed by atoms with Gasteiger partial charge in [0.05, 0.1) is 0 Å². The van der Waals surface area contributed by atoms with Gasteiger partial charge < -0.3 is 0 Å². The third-order valence-corrected chi connectivity index (χ3v) is 12.8. The molecule has 0 unspecified atom stereocenters. The van der Waals surface area contributed by atoms with Gasteiger partial charge in [0.1, 0.15) is 0 Å². The van der Waals surface area contributed by atoms with Crippen molar-refractivity contribution >= 4 is 43.9 Å². The largest absolute Gasteiger partial charge is 0.289 e. The first-order valence-corrected chi connectivity index (χ1v) is 19.5. The molecule has 0 spiro atoms. The fraction of sp³-hybridized carbons (Fsp3) is 0.170. The lowest BCUT2D eigenvalue weighted by molar-refractivity contribution is 0.103. The molecular weight excluding hydrogens is 669 g/mol. The molecule has 0 radical (unpaired) electrons. The maximum absolute atomic E-state index is 14.3. The Morgan fingerprint density at radius 2 is 0.855 bits per heavy atom. The molecule has 0 aromatic heterocycles. The molecule has 0 aliphatic heterocycles. The summed E-state index contributed by atoms with van der Waals surface area (Å²) in [6.45, 7) is 13.8. The van der Waals surface area contributed by atoms with E-state index in [4.69, 9.17) is 0 Å². The van der Waals surface area contributed by atoms with E-state index in [9.17, 15) is 9.59 Å². The van der Waals surface area contributed by atoms with E-state index < -0.39 is 0 Å². The minimum Gasteiger partial charge on any atom is -0.289 e. The quantitative estimate of drug-likeness (QED) is 0.167. The summed E-state index contributed by atoms with van der Waals surface area (Å²) in [6, 6.07) is 48.1. The maximum Gasteiger partial charge on any atom is 0.193 e. The summed E-state index contributed by atoms with van der Waals surface area (Å²) in [5.74, 6) is 0.452. The normalized spacial score (nSPS) is 14.6. The zero-order valence-corrected chi connectivity index (χ0v) is 32.2. The molecule has 0 saturated heterocycles. The molecule has 0 saturated carbocycles. The van der Waals surface area contributed by atoms with Crippen molar-refractivity contribution < 1.29 is 9.59 Å². The van der Waals surface area contributed by atoms with E-state index >= 15 is 0 Å². The zero-order valence-electron chi connectivity index (χ0n) is 32.2. The average Bonchev–Trinajstić information content (AvgIpc) is 3.59. The summed E-state index contributed by atoms with van der Waals surface area (Å²) in [6.07, 6.45) is 0. The zero-order chi connectivity index (χ0) is 38.0. The van der Waals surface area contributed by atoms with Gasteiger partial charge in [0.2, 0.25) is 0 Å². The number of fused-ring (bicyclic) bond motifs is 13. The van der Waals surface area contributed by atoms with Crippen LogP contribution >= 0.6 is 0 Å². The monoisotopic (exact) mass is 710 g/mol. The third kappa shape index (κ3) is 4.61. The molecule has 2 nitrogen and oxygen atoms in total. The third-order valence-electron chi connectivity index (χ3n) is 12.8. The number of benzene rings is 8. The van der Waals surface area contributed by atoms with Crippen molar-refractivity contribution in [2.75, 3.05) is 0 Å². The molecule has 2 aliphatic carbocycles. The van der Waals surface area contributed by atoms with Crippen LogP contribution in [-0.2, 0) is 10.8 Å². The van der Waals surface area contributed by atoms with Gasteiger partial charge in [0, 0.05) is 33.1 Å². The molecule has 2 aliphatic rings. The van der Waals surface area contributed by atoms with Crippen LogP contribution < -0.4 is 0 Å². The molecule has 0 N–H and O–H groups in total. The van der Waals surface area contributed by atoms with Crippen LogP contribution in [0.1, 0.15) is 107 Å². The van der Waals surface area contributed by atoms with E-state index in [0.717, 1.165) is 32.7 Å². The van der Waals surface area contributed by atoms with Crippen molar-refractivity contribution in [2.24, 2.45) is 0 Å². The molecule has 8 aromatic carbocycles. The van der Waals surface area contributed by atoms with Gasteiger partial charge in [-0.3, -0.25) is 9.59 Å². The van der Waals surface area contributed by atoms with Crippen LogP contribution in [0.5, 0.6) is 0 Å². The Morgan fingerprint density at radius 1 is 0.436 bits per heavy atom. The highest BCUT2D eigenvalue weighted by molar-refractivity contribution is 6.22. The highest BCUT2D eigenvalue weighted by Crippen LogP contribution is 2.59. The molecule has 55 heavy (non-hydrogen) atoms. The number of carbonyl (C=O) groups is 2. The Morgan fingerprint density at radius 3 is 1.35 bits per heavy atom. The van der Waals surface area contributed by atoms with Crippen LogP contribution in [-0.4, -0.2) is 11.6 Å². The smallest absolute Gasteiger partial charge is 0.193 e. The second-order valence-electron chi connectivity index (χ2n) is 16.9. The molecule has 266 valence electrons. The van der Waals surface area contributed by atoms with Crippen LogP contribution in [0, 0.1) is 0 Å². The van der Waals surface area contributed by atoms with E-state index in [1.807, 2.05) is 66.7 Å². The van der Waals surface area contributed by atoms with Gasteiger partial charge in [-0.25, -0.2) is 0 Å². The Hall–Kier alpha value is -6.12. The molecule has 0 heterocycles. The van der Waals surface area contributed by atoms with Crippen LogP contribution in [0.3, 0.4) is 0 Å². The summed E-state index contributed by atoms with van der Waals surface area (Å²) < 4.78 is 0. The molecule has 0 fully saturated rings. The Kier molecular flexibility index (Phi) is 7.11. The number of carbonyl (C=O) groups excluding carboxylic acids is 2. The SMILES string of the molecule is CC(C)c1ccc2c(C(=O)c3ccccc3)cc3c(c2c1)-c1ccc2c4c(ccc2c1C3(C)C)-c1c(cc(C(=O)c2ccccc2)c2ccccc12)C4(C)C. The fourth-order valence-electron chi connectivity index (χ4n) is 10.0. The first-order chi connectivity index (χ1) is 26.5. The standard InChI is InChI=1S/C53H42O2/c1-30(2)33-21-22-35-41(27-33)47-40-26-24-37-38(49(40)53(5,6)45(47)29-43(35)51(55)32-17-11-8-12-18-32)23-25-39-46-36-20-14-13-19-34(36)42(28-44(46)52(3,4)48(37)39)50(54)31-15-9-7-10-16-31/h7-30H,1-6H3. The second-order valence-corrected chi connectivity index (χ2v) is 16.9. The maximum atomic E-state index is 14.3. The van der Waals surface area contributed by atoms with E-state index in [2.05, 4.69) is 114 Å². The summed E-state index contributed by atoms with van der Waals surface area (Å²) in [7, 11) is 0. The van der Waals surface area contributed by atoms with Gasteiger partial charge in [-0.1, -0.05) is 169 Å². The highest BCUT2D eigenvalue weighted by atomic mass is 16.1. The van der Waals surface area contributed by atoms with Crippen LogP contribution in [0.15, 0.2) is 140 Å². The van der Waals surface area contributed by atoms with Crippen LogP contribution in [0.4, 0.5) is 0 Å². The predicted molar refractivity (Wildman–Crippen MR) is 228 cm³/mol. The molecule has 0 amide bonds. The molecule has 0 bridgehead atoms. The topological polar surface area (TPSA) is 34.1 Å². The van der Waals surface area contributed by atoms with Crippen molar-refractivity contribution in [3.05, 3.63) is 190 Å². The molecule has 10 rings (SSSR count). The van der Waals surface area contributed by atoms with E-state index in [1.54, 1.807) is 0 Å². The van der Waals surface area contributed by atoms with E-state index in [0.29, 0.717) is 17.0 Å². The molecule has 8 aromatic rings. The van der Waals surface area contributed by atoms with E-state index in [1.165, 1.54) is 60.8 Å². The summed E-state index contributed by atoms with van der Waals surface area (Å²) in [5.41, 5.74) is 13.4. The second kappa shape index (κ2) is 11.7. The molecule has 0 atom stereocenters. The van der Waals surface area contributed by atoms with E-state index in [-0.39, 0.29) is 22.4 Å². The van der Waals surface area contributed by atoms with Crippen molar-refractivity contribution in [3.63, 3.8) is 0 Å². The first kappa shape index (κ1) is 33.4. The van der Waals surface area contributed by atoms with Gasteiger partial charge in [-0.2, -0.15) is 0 Å². The first-order valence-electron chi connectivity index (χ1n) is 19.5. The molecular formula is C53H42O2. The number of hydrogen-bond donors (Lipinski definition) is 0. The Bertz CT molecular complexity index is 2960. The van der Waals surface area contributed by atoms with Gasteiger partial charge in [-0.05, 0) is 100 Å². The molecule has 2 heteroatoms. The number of ketones is 2. The lowest BCUT2D eigenvalue weighted by atomic mass is 9.76. The van der Waals surface area contributed by atoms with Crippen molar-refractivity contribution in [1.29, 1.82) is 0 Å².